The van der Waals surface area contributed by atoms with E-state index in [1.807, 2.05) is 0 Å². The molecule has 140 valence electrons. The summed E-state index contributed by atoms with van der Waals surface area (Å²) in [6.07, 6.45) is 11.8. The quantitative estimate of drug-likeness (QED) is 0.165. The smallest absolute Gasteiger partial charge is 0.304 e. The van der Waals surface area contributed by atoms with Crippen molar-refractivity contribution in [1.29, 1.82) is 0 Å². The third-order valence-electron chi connectivity index (χ3n) is 3.43. The van der Waals surface area contributed by atoms with Crippen molar-refractivity contribution >= 4 is 16.1 Å². The molecule has 0 fully saturated rings. The molecule has 9 heteroatoms. The zero-order valence-electron chi connectivity index (χ0n) is 14.4. The summed E-state index contributed by atoms with van der Waals surface area (Å²) in [5.74, 6) is 0. The van der Waals surface area contributed by atoms with Gasteiger partial charge < -0.3 is 36.0 Å². The summed E-state index contributed by atoms with van der Waals surface area (Å²) in [6.45, 7) is 1.14. The van der Waals surface area contributed by atoms with Gasteiger partial charge in [0.15, 0.2) is 0 Å². The van der Waals surface area contributed by atoms with Gasteiger partial charge in [-0.2, -0.15) is 0 Å². The molecule has 0 aromatic heterocycles. The van der Waals surface area contributed by atoms with Gasteiger partial charge >= 0.3 is 16.1 Å². The zero-order chi connectivity index (χ0) is 20.4. The molecule has 0 amide bonds. The number of rotatable bonds is 8. The summed E-state index contributed by atoms with van der Waals surface area (Å²) in [6, 6.07) is 0.824. The Hall–Kier alpha value is -3.45. The molecule has 0 unspecified atom stereocenters. The Morgan fingerprint density at radius 3 is 0.963 bits per heavy atom. The first-order valence-corrected chi connectivity index (χ1v) is 12.2. The first-order valence-electron chi connectivity index (χ1n) is 7.76. The first-order chi connectivity index (χ1) is 13.1. The van der Waals surface area contributed by atoms with Gasteiger partial charge in [-0.1, -0.05) is 33.3 Å². The highest BCUT2D eigenvalue weighted by molar-refractivity contribution is 7.01. The van der Waals surface area contributed by atoms with E-state index in [2.05, 4.69) is 38.6 Å². The van der Waals surface area contributed by atoms with E-state index < -0.39 is 16.1 Å². The highest BCUT2D eigenvalue weighted by Gasteiger charge is 2.29. The van der Waals surface area contributed by atoms with Crippen LogP contribution in [-0.2, 0) is 0 Å². The largest absolute Gasteiger partial charge is 0.462 e. The lowest BCUT2D eigenvalue weighted by Crippen LogP contribution is -2.33. The van der Waals surface area contributed by atoms with Crippen LogP contribution in [0.3, 0.4) is 0 Å². The minimum absolute atomic E-state index is 0.412. The van der Waals surface area contributed by atoms with Crippen LogP contribution in [0.2, 0.25) is 12.1 Å². The number of aliphatic hydroxyl groups is 6. The summed E-state index contributed by atoms with van der Waals surface area (Å²) in [4.78, 5) is 0. The Kier molecular flexibility index (Phi) is 12.0. The molecular weight excluding hydrogens is 382 g/mol. The van der Waals surface area contributed by atoms with Crippen molar-refractivity contribution in [1.82, 2.24) is 5.32 Å². The lowest BCUT2D eigenvalue weighted by molar-refractivity contribution is 0.516. The lowest BCUT2D eigenvalue weighted by atomic mass is 10.4. The summed E-state index contributed by atoms with van der Waals surface area (Å²) >= 11 is 0. The van der Waals surface area contributed by atoms with Crippen molar-refractivity contribution in [3.8, 4) is 69.9 Å². The molecule has 0 atom stereocenters. The Bertz CT molecular complexity index is 677. The van der Waals surface area contributed by atoms with Crippen molar-refractivity contribution in [2.24, 2.45) is 0 Å². The fraction of sp³-hybridized carbons (Fsp3) is 0.333. The molecule has 0 saturated carbocycles. The SMILES string of the molecule is OC#C[Si](C#CO)(C#CO)CCCNCCC[Si](C#CO)(C#CO)C#CO. The molecule has 0 aromatic carbocycles. The normalized spacial score (nSPS) is 8.89. The molecule has 0 heterocycles. The van der Waals surface area contributed by atoms with Crippen LogP contribution in [0, 0.1) is 69.9 Å². The second kappa shape index (κ2) is 13.8. The van der Waals surface area contributed by atoms with E-state index in [1.54, 1.807) is 36.6 Å². The van der Waals surface area contributed by atoms with Crippen molar-refractivity contribution < 1.29 is 30.6 Å². The average Bonchev–Trinajstić information content (AvgIpc) is 2.62. The predicted octanol–water partition coefficient (Wildman–Crippen LogP) is -0.511. The number of hydrogen-bond acceptors (Lipinski definition) is 7. The minimum atomic E-state index is -2.93. The standard InChI is InChI=1S/C18H19NO6Si2/c20-5-13-26(14-6-21,15-7-22)11-1-3-19-4-2-12-27(16-8-23,17-9-24)18-10-25/h19-25H,1-4,11-12H2. The van der Waals surface area contributed by atoms with Gasteiger partial charge in [0.2, 0.25) is 0 Å². The first kappa shape index (κ1) is 23.6. The van der Waals surface area contributed by atoms with Crippen molar-refractivity contribution in [3.05, 3.63) is 0 Å². The topological polar surface area (TPSA) is 133 Å². The fourth-order valence-corrected chi connectivity index (χ4v) is 5.90. The zero-order valence-corrected chi connectivity index (χ0v) is 16.4. The Morgan fingerprint density at radius 1 is 0.481 bits per heavy atom. The number of nitrogens with one attached hydrogen (secondary N) is 1. The summed E-state index contributed by atoms with van der Waals surface area (Å²) in [5, 5.41) is 56.0. The van der Waals surface area contributed by atoms with Crippen molar-refractivity contribution in [2.75, 3.05) is 13.1 Å². The second-order valence-electron chi connectivity index (χ2n) is 5.19. The van der Waals surface area contributed by atoms with Crippen LogP contribution >= 0.6 is 0 Å². The van der Waals surface area contributed by atoms with Crippen molar-refractivity contribution in [2.45, 2.75) is 24.9 Å². The maximum absolute atomic E-state index is 8.81. The van der Waals surface area contributed by atoms with E-state index in [0.29, 0.717) is 38.0 Å². The van der Waals surface area contributed by atoms with E-state index in [4.69, 9.17) is 30.6 Å². The van der Waals surface area contributed by atoms with Crippen LogP contribution < -0.4 is 5.32 Å². The van der Waals surface area contributed by atoms with Crippen LogP contribution in [0.15, 0.2) is 0 Å². The highest BCUT2D eigenvalue weighted by Crippen LogP contribution is 2.11. The fourth-order valence-electron chi connectivity index (χ4n) is 2.22. The van der Waals surface area contributed by atoms with Crippen LogP contribution in [0.4, 0.5) is 0 Å². The molecular formula is C18H19NO6Si2. The Balaban J connectivity index is 4.58. The molecule has 0 radical (unpaired) electrons. The lowest BCUT2D eigenvalue weighted by Gasteiger charge is -2.13. The van der Waals surface area contributed by atoms with Crippen molar-refractivity contribution in [3.63, 3.8) is 0 Å². The van der Waals surface area contributed by atoms with E-state index >= 15 is 0 Å². The number of hydrogen-bond donors (Lipinski definition) is 7. The van der Waals surface area contributed by atoms with Gasteiger partial charge in [0, 0.05) is 0 Å². The van der Waals surface area contributed by atoms with Crippen LogP contribution in [0.1, 0.15) is 12.8 Å². The maximum atomic E-state index is 8.81. The van der Waals surface area contributed by atoms with Crippen LogP contribution in [0.25, 0.3) is 0 Å². The second-order valence-corrected chi connectivity index (χ2v) is 11.3. The summed E-state index contributed by atoms with van der Waals surface area (Å²) < 4.78 is 0. The van der Waals surface area contributed by atoms with Gasteiger partial charge in [0.25, 0.3) is 0 Å². The molecule has 0 spiro atoms. The van der Waals surface area contributed by atoms with E-state index in [1.165, 1.54) is 0 Å². The summed E-state index contributed by atoms with van der Waals surface area (Å²) in [5.41, 5.74) is 15.0. The molecule has 0 bridgehead atoms. The highest BCUT2D eigenvalue weighted by atomic mass is 28.3. The molecule has 0 saturated heterocycles. The van der Waals surface area contributed by atoms with E-state index in [0.717, 1.165) is 0 Å². The van der Waals surface area contributed by atoms with E-state index in [9.17, 15) is 0 Å². The monoisotopic (exact) mass is 401 g/mol. The number of aliphatic hydroxyl groups excluding tert-OH is 6. The predicted molar refractivity (Wildman–Crippen MR) is 101 cm³/mol. The summed E-state index contributed by atoms with van der Waals surface area (Å²) in [7, 11) is -5.86. The van der Waals surface area contributed by atoms with Gasteiger partial charge in [0.1, 0.15) is 36.6 Å². The Labute approximate surface area is 160 Å². The van der Waals surface area contributed by atoms with Crippen LogP contribution in [0.5, 0.6) is 0 Å². The average molecular weight is 402 g/mol. The van der Waals surface area contributed by atoms with Gasteiger partial charge in [-0.3, -0.25) is 0 Å². The van der Waals surface area contributed by atoms with Gasteiger partial charge in [-0.15, -0.1) is 0 Å². The molecule has 0 rings (SSSR count). The Morgan fingerprint density at radius 2 is 0.741 bits per heavy atom. The van der Waals surface area contributed by atoms with Crippen LogP contribution in [-0.4, -0.2) is 59.9 Å². The molecule has 27 heavy (non-hydrogen) atoms. The molecule has 7 nitrogen and oxygen atoms in total. The maximum Gasteiger partial charge on any atom is 0.304 e. The molecule has 0 aliphatic rings. The minimum Gasteiger partial charge on any atom is -0.462 e. The molecule has 7 N–H and O–H groups in total. The molecule has 0 aliphatic heterocycles. The van der Waals surface area contributed by atoms with Gasteiger partial charge in [-0.25, -0.2) is 0 Å². The van der Waals surface area contributed by atoms with Gasteiger partial charge in [-0.05, 0) is 38.0 Å². The third-order valence-corrected chi connectivity index (χ3v) is 8.86. The molecule has 0 aromatic rings. The third kappa shape index (κ3) is 8.99. The molecule has 0 aliphatic carbocycles. The van der Waals surface area contributed by atoms with E-state index in [-0.39, 0.29) is 0 Å². The van der Waals surface area contributed by atoms with Gasteiger partial charge in [0.05, 0.1) is 0 Å².